The van der Waals surface area contributed by atoms with Gasteiger partial charge in [0.25, 0.3) is 0 Å². The zero-order valence-corrected chi connectivity index (χ0v) is 12.8. The fourth-order valence-electron chi connectivity index (χ4n) is 3.05. The van der Waals surface area contributed by atoms with Crippen LogP contribution in [-0.2, 0) is 11.3 Å². The van der Waals surface area contributed by atoms with Gasteiger partial charge in [-0.25, -0.2) is 0 Å². The first-order valence-electron chi connectivity index (χ1n) is 7.32. The van der Waals surface area contributed by atoms with Crippen molar-refractivity contribution in [2.24, 2.45) is 0 Å². The van der Waals surface area contributed by atoms with Gasteiger partial charge in [-0.05, 0) is 36.8 Å². The fraction of sp³-hybridized carbons (Fsp3) is 0.667. The van der Waals surface area contributed by atoms with E-state index in [4.69, 9.17) is 4.74 Å². The molecule has 1 aromatic rings. The molecular formula is C15H22N2O2S. The molecule has 0 radical (unpaired) electrons. The van der Waals surface area contributed by atoms with Gasteiger partial charge in [0.15, 0.2) is 5.78 Å². The number of nitrogens with one attached hydrogen (secondary N) is 1. The number of carbonyl (C=O) groups excluding carboxylic acids is 1. The molecule has 2 fully saturated rings. The van der Waals surface area contributed by atoms with Gasteiger partial charge in [-0.2, -0.15) is 0 Å². The molecular weight excluding hydrogens is 272 g/mol. The van der Waals surface area contributed by atoms with Crippen LogP contribution in [0, 0.1) is 0 Å². The first-order chi connectivity index (χ1) is 9.67. The van der Waals surface area contributed by atoms with Crippen LogP contribution in [0.4, 0.5) is 0 Å². The van der Waals surface area contributed by atoms with Crippen LogP contribution < -0.4 is 5.32 Å². The molecule has 0 amide bonds. The summed E-state index contributed by atoms with van der Waals surface area (Å²) >= 11 is 1.56. The number of ether oxygens (including phenoxy) is 1. The summed E-state index contributed by atoms with van der Waals surface area (Å²) in [7, 11) is 0. The number of carbonyl (C=O) groups is 1. The predicted molar refractivity (Wildman–Crippen MR) is 80.4 cm³/mol. The van der Waals surface area contributed by atoms with Gasteiger partial charge in [-0.15, -0.1) is 11.3 Å². The van der Waals surface area contributed by atoms with Gasteiger partial charge < -0.3 is 10.1 Å². The molecule has 2 aliphatic heterocycles. The highest BCUT2D eigenvalue weighted by molar-refractivity contribution is 7.12. The second-order valence-electron chi connectivity index (χ2n) is 5.86. The van der Waals surface area contributed by atoms with Crippen LogP contribution in [0.1, 0.15) is 35.0 Å². The Morgan fingerprint density at radius 1 is 1.50 bits per heavy atom. The van der Waals surface area contributed by atoms with Gasteiger partial charge in [-0.1, -0.05) is 0 Å². The number of rotatable bonds is 3. The topological polar surface area (TPSA) is 41.6 Å². The minimum absolute atomic E-state index is 0.0773. The van der Waals surface area contributed by atoms with Crippen LogP contribution in [0.15, 0.2) is 11.4 Å². The van der Waals surface area contributed by atoms with E-state index in [0.717, 1.165) is 57.0 Å². The number of ketones is 1. The number of likely N-dealkylation sites (tertiary alicyclic amines) is 1. The number of piperidine rings is 1. The summed E-state index contributed by atoms with van der Waals surface area (Å²) in [6.45, 7) is 7.55. The molecule has 0 aromatic carbocycles. The Kier molecular flexibility index (Phi) is 4.21. The van der Waals surface area contributed by atoms with E-state index in [0.29, 0.717) is 0 Å². The zero-order valence-electron chi connectivity index (χ0n) is 12.0. The van der Waals surface area contributed by atoms with Gasteiger partial charge in [-0.3, -0.25) is 9.69 Å². The summed E-state index contributed by atoms with van der Waals surface area (Å²) in [6.07, 6.45) is 2.20. The van der Waals surface area contributed by atoms with Crippen molar-refractivity contribution in [3.05, 3.63) is 21.9 Å². The summed E-state index contributed by atoms with van der Waals surface area (Å²) in [5.41, 5.74) is 1.34. The lowest BCUT2D eigenvalue weighted by atomic mass is 9.90. The summed E-state index contributed by atoms with van der Waals surface area (Å²) in [4.78, 5) is 14.7. The third-order valence-corrected chi connectivity index (χ3v) is 5.39. The van der Waals surface area contributed by atoms with Gasteiger partial charge >= 0.3 is 0 Å². The van der Waals surface area contributed by atoms with E-state index in [1.807, 2.05) is 6.07 Å². The molecule has 4 nitrogen and oxygen atoms in total. The van der Waals surface area contributed by atoms with Crippen LogP contribution in [0.2, 0.25) is 0 Å². The number of hydrogen-bond donors (Lipinski definition) is 1. The molecule has 1 spiro atoms. The molecule has 0 atom stereocenters. The van der Waals surface area contributed by atoms with E-state index in [2.05, 4.69) is 15.6 Å². The Balaban J connectivity index is 1.54. The quantitative estimate of drug-likeness (QED) is 0.865. The average molecular weight is 294 g/mol. The highest BCUT2D eigenvalue weighted by Crippen LogP contribution is 2.28. The molecule has 3 rings (SSSR count). The van der Waals surface area contributed by atoms with Gasteiger partial charge in [0, 0.05) is 32.7 Å². The van der Waals surface area contributed by atoms with Crippen molar-refractivity contribution < 1.29 is 9.53 Å². The lowest BCUT2D eigenvalue weighted by Crippen LogP contribution is -2.55. The molecule has 20 heavy (non-hydrogen) atoms. The molecule has 110 valence electrons. The Labute approximate surface area is 124 Å². The first kappa shape index (κ1) is 14.2. The largest absolute Gasteiger partial charge is 0.372 e. The van der Waals surface area contributed by atoms with Crippen molar-refractivity contribution in [2.75, 3.05) is 32.8 Å². The molecule has 0 saturated carbocycles. The Morgan fingerprint density at radius 3 is 2.90 bits per heavy atom. The molecule has 1 N–H and O–H groups in total. The molecule has 3 heterocycles. The summed E-state index contributed by atoms with van der Waals surface area (Å²) in [5.74, 6) is 0.167. The van der Waals surface area contributed by atoms with Gasteiger partial charge in [0.1, 0.15) is 0 Å². The van der Waals surface area contributed by atoms with Crippen molar-refractivity contribution >= 4 is 17.1 Å². The Hall–Kier alpha value is -0.750. The fourth-order valence-corrected chi connectivity index (χ4v) is 3.85. The molecule has 2 saturated heterocycles. The number of thiophene rings is 1. The number of nitrogens with zero attached hydrogens (tertiary/aromatic N) is 1. The van der Waals surface area contributed by atoms with E-state index < -0.39 is 0 Å². The van der Waals surface area contributed by atoms with Crippen molar-refractivity contribution in [3.8, 4) is 0 Å². The monoisotopic (exact) mass is 294 g/mol. The molecule has 2 aliphatic rings. The SMILES string of the molecule is CC(=O)c1cc(CN2CCC3(CC2)CNCCO3)cs1. The predicted octanol–water partition coefficient (Wildman–Crippen LogP) is 1.91. The minimum Gasteiger partial charge on any atom is -0.372 e. The van der Waals surface area contributed by atoms with Crippen molar-refractivity contribution in [3.63, 3.8) is 0 Å². The minimum atomic E-state index is 0.0773. The van der Waals surface area contributed by atoms with Gasteiger partial charge in [0.2, 0.25) is 0 Å². The lowest BCUT2D eigenvalue weighted by molar-refractivity contribution is -0.100. The second kappa shape index (κ2) is 5.93. The molecule has 0 bridgehead atoms. The van der Waals surface area contributed by atoms with Crippen LogP contribution in [0.3, 0.4) is 0 Å². The van der Waals surface area contributed by atoms with E-state index in [1.165, 1.54) is 5.56 Å². The first-order valence-corrected chi connectivity index (χ1v) is 8.20. The number of morpholine rings is 1. The van der Waals surface area contributed by atoms with E-state index >= 15 is 0 Å². The van der Waals surface area contributed by atoms with Crippen molar-refractivity contribution in [2.45, 2.75) is 31.9 Å². The number of Topliss-reactive ketones (excluding diaryl/α,β-unsaturated/α-hetero) is 1. The third kappa shape index (κ3) is 3.11. The summed E-state index contributed by atoms with van der Waals surface area (Å²) in [5, 5.41) is 5.56. The lowest BCUT2D eigenvalue weighted by Gasteiger charge is -2.44. The van der Waals surface area contributed by atoms with Crippen molar-refractivity contribution in [1.82, 2.24) is 10.2 Å². The maximum absolute atomic E-state index is 11.3. The van der Waals surface area contributed by atoms with Gasteiger partial charge in [0.05, 0.1) is 17.1 Å². The maximum Gasteiger partial charge on any atom is 0.169 e. The van der Waals surface area contributed by atoms with E-state index in [9.17, 15) is 4.79 Å². The Morgan fingerprint density at radius 2 is 2.30 bits per heavy atom. The normalized spacial score (nSPS) is 23.1. The van der Waals surface area contributed by atoms with Crippen molar-refractivity contribution in [1.29, 1.82) is 0 Å². The molecule has 0 aliphatic carbocycles. The molecule has 0 unspecified atom stereocenters. The Bertz CT molecular complexity index is 470. The highest BCUT2D eigenvalue weighted by atomic mass is 32.1. The van der Waals surface area contributed by atoms with E-state index in [1.54, 1.807) is 18.3 Å². The maximum atomic E-state index is 11.3. The zero-order chi connectivity index (χ0) is 14.0. The van der Waals surface area contributed by atoms with Crippen LogP contribution >= 0.6 is 11.3 Å². The second-order valence-corrected chi connectivity index (χ2v) is 6.77. The molecule has 5 heteroatoms. The third-order valence-electron chi connectivity index (χ3n) is 4.31. The van der Waals surface area contributed by atoms with Crippen LogP contribution in [0.25, 0.3) is 0 Å². The van der Waals surface area contributed by atoms with Crippen LogP contribution in [-0.4, -0.2) is 49.1 Å². The average Bonchev–Trinajstić information content (AvgIpc) is 2.92. The molecule has 1 aromatic heterocycles. The summed E-state index contributed by atoms with van der Waals surface area (Å²) in [6, 6.07) is 2.04. The number of hydrogen-bond acceptors (Lipinski definition) is 5. The van der Waals surface area contributed by atoms with E-state index in [-0.39, 0.29) is 11.4 Å². The smallest absolute Gasteiger partial charge is 0.169 e. The standard InChI is InChI=1S/C15H22N2O2S/c1-12(18)14-8-13(10-20-14)9-17-5-2-15(3-6-17)11-16-4-7-19-15/h8,10,16H,2-7,9,11H2,1H3. The van der Waals surface area contributed by atoms with Crippen LogP contribution in [0.5, 0.6) is 0 Å². The summed E-state index contributed by atoms with van der Waals surface area (Å²) < 4.78 is 6.01. The highest BCUT2D eigenvalue weighted by Gasteiger charge is 2.36.